The van der Waals surface area contributed by atoms with Gasteiger partial charge in [0.2, 0.25) is 6.08 Å². The standard InChI is InChI=1S/C16H18N2O/c1-11-12(2)18-15-9-13(5-6-14(11)15)16(17-10-19)7-3-4-8-16/h5-6,9,18H,3-4,7-8H2,1-2H3. The number of H-pyrrole nitrogens is 1. The molecule has 3 heteroatoms. The van der Waals surface area contributed by atoms with Crippen LogP contribution in [0, 0.1) is 13.8 Å². The van der Waals surface area contributed by atoms with E-state index in [1.165, 1.54) is 16.6 Å². The molecule has 3 rings (SSSR count). The van der Waals surface area contributed by atoms with E-state index < -0.39 is 0 Å². The first kappa shape index (κ1) is 12.2. The lowest BCUT2D eigenvalue weighted by Crippen LogP contribution is -2.18. The van der Waals surface area contributed by atoms with Crippen molar-refractivity contribution in [3.8, 4) is 0 Å². The second-order valence-corrected chi connectivity index (χ2v) is 5.58. The predicted molar refractivity (Wildman–Crippen MR) is 76.0 cm³/mol. The van der Waals surface area contributed by atoms with Crippen LogP contribution in [0.25, 0.3) is 10.9 Å². The third kappa shape index (κ3) is 1.82. The number of hydrogen-bond acceptors (Lipinski definition) is 2. The number of aliphatic imine (C=N–C) groups is 1. The van der Waals surface area contributed by atoms with Gasteiger partial charge in [0.25, 0.3) is 0 Å². The van der Waals surface area contributed by atoms with Gasteiger partial charge in [0.05, 0.1) is 5.54 Å². The molecular formula is C16H18N2O. The first-order chi connectivity index (χ1) is 9.16. The fraction of sp³-hybridized carbons (Fsp3) is 0.438. The summed E-state index contributed by atoms with van der Waals surface area (Å²) in [5.74, 6) is 0. The molecule has 0 unspecified atom stereocenters. The Kier molecular flexibility index (Phi) is 2.79. The normalized spacial score (nSPS) is 17.6. The molecule has 1 heterocycles. The number of hydrogen-bond donors (Lipinski definition) is 1. The highest BCUT2D eigenvalue weighted by atomic mass is 16.1. The molecule has 0 bridgehead atoms. The van der Waals surface area contributed by atoms with Gasteiger partial charge >= 0.3 is 0 Å². The van der Waals surface area contributed by atoms with Crippen LogP contribution in [-0.2, 0) is 10.3 Å². The van der Waals surface area contributed by atoms with Gasteiger partial charge in [0.1, 0.15) is 0 Å². The molecule has 19 heavy (non-hydrogen) atoms. The second-order valence-electron chi connectivity index (χ2n) is 5.58. The summed E-state index contributed by atoms with van der Waals surface area (Å²) in [6.07, 6.45) is 5.94. The Hall–Kier alpha value is -1.86. The zero-order chi connectivity index (χ0) is 13.5. The zero-order valence-corrected chi connectivity index (χ0v) is 11.4. The van der Waals surface area contributed by atoms with Crippen LogP contribution in [0.2, 0.25) is 0 Å². The summed E-state index contributed by atoms with van der Waals surface area (Å²) in [5, 5.41) is 1.25. The zero-order valence-electron chi connectivity index (χ0n) is 11.4. The molecule has 3 nitrogen and oxygen atoms in total. The molecule has 0 amide bonds. The van der Waals surface area contributed by atoms with E-state index >= 15 is 0 Å². The lowest BCUT2D eigenvalue weighted by molar-refractivity contribution is 0.456. The van der Waals surface area contributed by atoms with E-state index in [1.807, 2.05) is 0 Å². The van der Waals surface area contributed by atoms with Crippen molar-refractivity contribution in [3.63, 3.8) is 0 Å². The highest BCUT2D eigenvalue weighted by Crippen LogP contribution is 2.43. The Labute approximate surface area is 112 Å². The minimum atomic E-state index is -0.330. The molecular weight excluding hydrogens is 236 g/mol. The molecule has 0 radical (unpaired) electrons. The highest BCUT2D eigenvalue weighted by Gasteiger charge is 2.35. The van der Waals surface area contributed by atoms with E-state index in [0.29, 0.717) is 0 Å². The molecule has 1 aromatic heterocycles. The third-order valence-corrected chi connectivity index (χ3v) is 4.54. The third-order valence-electron chi connectivity index (χ3n) is 4.54. The SMILES string of the molecule is Cc1[nH]c2cc(C3(N=C=O)CCCC3)ccc2c1C. The lowest BCUT2D eigenvalue weighted by Gasteiger charge is -2.22. The van der Waals surface area contributed by atoms with Gasteiger partial charge in [-0.15, -0.1) is 0 Å². The van der Waals surface area contributed by atoms with Gasteiger partial charge < -0.3 is 4.98 Å². The van der Waals surface area contributed by atoms with Crippen molar-refractivity contribution >= 4 is 17.0 Å². The molecule has 0 saturated heterocycles. The van der Waals surface area contributed by atoms with Crippen molar-refractivity contribution in [2.24, 2.45) is 4.99 Å². The van der Waals surface area contributed by atoms with Crippen LogP contribution in [0.15, 0.2) is 23.2 Å². The van der Waals surface area contributed by atoms with Gasteiger partial charge in [-0.1, -0.05) is 25.0 Å². The smallest absolute Gasteiger partial charge is 0.235 e. The van der Waals surface area contributed by atoms with Gasteiger partial charge in [0.15, 0.2) is 0 Å². The van der Waals surface area contributed by atoms with Crippen LogP contribution >= 0.6 is 0 Å². The van der Waals surface area contributed by atoms with Crippen LogP contribution in [0.5, 0.6) is 0 Å². The molecule has 1 fully saturated rings. The van der Waals surface area contributed by atoms with Crippen molar-refractivity contribution in [1.82, 2.24) is 4.98 Å². The first-order valence-corrected chi connectivity index (χ1v) is 6.85. The van der Waals surface area contributed by atoms with Crippen molar-refractivity contribution < 1.29 is 4.79 Å². The summed E-state index contributed by atoms with van der Waals surface area (Å²) in [6, 6.07) is 6.42. The molecule has 1 aromatic carbocycles. The minimum Gasteiger partial charge on any atom is -0.358 e. The van der Waals surface area contributed by atoms with Crippen LogP contribution < -0.4 is 0 Å². The average Bonchev–Trinajstić information content (AvgIpc) is 2.97. The Morgan fingerprint density at radius 3 is 2.68 bits per heavy atom. The summed E-state index contributed by atoms with van der Waals surface area (Å²) < 4.78 is 0. The highest BCUT2D eigenvalue weighted by molar-refractivity contribution is 5.85. The maximum Gasteiger partial charge on any atom is 0.235 e. The quantitative estimate of drug-likeness (QED) is 0.641. The summed E-state index contributed by atoms with van der Waals surface area (Å²) in [4.78, 5) is 18.3. The monoisotopic (exact) mass is 254 g/mol. The molecule has 1 aliphatic carbocycles. The molecule has 1 N–H and O–H groups in total. The van der Waals surface area contributed by atoms with Crippen LogP contribution in [0.4, 0.5) is 0 Å². The van der Waals surface area contributed by atoms with Crippen molar-refractivity contribution in [2.75, 3.05) is 0 Å². The number of nitrogens with zero attached hydrogens (tertiary/aromatic N) is 1. The van der Waals surface area contributed by atoms with E-state index in [-0.39, 0.29) is 5.54 Å². The topological polar surface area (TPSA) is 45.2 Å². The van der Waals surface area contributed by atoms with Crippen molar-refractivity contribution in [2.45, 2.75) is 45.1 Å². The number of aromatic nitrogens is 1. The molecule has 1 saturated carbocycles. The number of rotatable bonds is 2. The van der Waals surface area contributed by atoms with Gasteiger partial charge in [-0.3, -0.25) is 0 Å². The Morgan fingerprint density at radius 2 is 2.00 bits per heavy atom. The van der Waals surface area contributed by atoms with E-state index in [0.717, 1.165) is 36.8 Å². The van der Waals surface area contributed by atoms with Gasteiger partial charge in [-0.25, -0.2) is 4.79 Å². The fourth-order valence-corrected chi connectivity index (χ4v) is 3.27. The average molecular weight is 254 g/mol. The second kappa shape index (κ2) is 4.36. The lowest BCUT2D eigenvalue weighted by atomic mass is 9.88. The number of fused-ring (bicyclic) bond motifs is 1. The predicted octanol–water partition coefficient (Wildman–Crippen LogP) is 3.89. The molecule has 2 aromatic rings. The van der Waals surface area contributed by atoms with Crippen molar-refractivity contribution in [1.29, 1.82) is 0 Å². The number of isocyanates is 1. The molecule has 98 valence electrons. The maximum atomic E-state index is 10.8. The van der Waals surface area contributed by atoms with E-state index in [9.17, 15) is 4.79 Å². The van der Waals surface area contributed by atoms with Crippen LogP contribution in [-0.4, -0.2) is 11.1 Å². The summed E-state index contributed by atoms with van der Waals surface area (Å²) in [7, 11) is 0. The Bertz CT molecular complexity index is 671. The van der Waals surface area contributed by atoms with Crippen LogP contribution in [0.3, 0.4) is 0 Å². The molecule has 0 atom stereocenters. The van der Waals surface area contributed by atoms with Gasteiger partial charge in [-0.05, 0) is 43.9 Å². The summed E-state index contributed by atoms with van der Waals surface area (Å²) in [5.41, 5.74) is 4.44. The van der Waals surface area contributed by atoms with E-state index in [4.69, 9.17) is 0 Å². The maximum absolute atomic E-state index is 10.8. The first-order valence-electron chi connectivity index (χ1n) is 6.85. The van der Waals surface area contributed by atoms with E-state index in [2.05, 4.69) is 42.0 Å². The number of aromatic amines is 1. The minimum absolute atomic E-state index is 0.330. The Balaban J connectivity index is 2.17. The van der Waals surface area contributed by atoms with E-state index in [1.54, 1.807) is 6.08 Å². The summed E-state index contributed by atoms with van der Waals surface area (Å²) >= 11 is 0. The number of nitrogens with one attached hydrogen (secondary N) is 1. The number of benzene rings is 1. The van der Waals surface area contributed by atoms with Gasteiger partial charge in [-0.2, -0.15) is 4.99 Å². The van der Waals surface area contributed by atoms with Crippen LogP contribution in [0.1, 0.15) is 42.5 Å². The fourth-order valence-electron chi connectivity index (χ4n) is 3.27. The molecule has 1 aliphatic rings. The molecule has 0 aliphatic heterocycles. The Morgan fingerprint density at radius 1 is 1.26 bits per heavy atom. The largest absolute Gasteiger partial charge is 0.358 e. The van der Waals surface area contributed by atoms with Crippen molar-refractivity contribution in [3.05, 3.63) is 35.0 Å². The summed E-state index contributed by atoms with van der Waals surface area (Å²) in [6.45, 7) is 4.21. The molecule has 0 spiro atoms. The number of carbonyl (C=O) groups excluding carboxylic acids is 1. The number of aryl methyl sites for hydroxylation is 2. The van der Waals surface area contributed by atoms with Gasteiger partial charge in [0, 0.05) is 16.6 Å².